The van der Waals surface area contributed by atoms with Crippen LogP contribution >= 0.6 is 0 Å². The van der Waals surface area contributed by atoms with Crippen LogP contribution in [0.15, 0.2) is 78.9 Å². The van der Waals surface area contributed by atoms with Gasteiger partial charge < -0.3 is 19.5 Å². The molecule has 0 unspecified atom stereocenters. The smallest absolute Gasteiger partial charge is 0.344 e. The maximum absolute atomic E-state index is 11.8. The van der Waals surface area contributed by atoms with Crippen LogP contribution < -0.4 is 14.8 Å². The van der Waals surface area contributed by atoms with E-state index in [1.54, 1.807) is 48.5 Å². The highest BCUT2D eigenvalue weighted by molar-refractivity contribution is 5.92. The van der Waals surface area contributed by atoms with E-state index >= 15 is 0 Å². The van der Waals surface area contributed by atoms with Crippen molar-refractivity contribution in [1.82, 2.24) is 0 Å². The number of benzene rings is 3. The summed E-state index contributed by atoms with van der Waals surface area (Å²) in [5, 5.41) is 11.3. The van der Waals surface area contributed by atoms with E-state index in [1.807, 2.05) is 36.4 Å². The Bertz CT molecular complexity index is 1040. The van der Waals surface area contributed by atoms with Crippen molar-refractivity contribution in [1.29, 1.82) is 5.26 Å². The predicted molar refractivity (Wildman–Crippen MR) is 113 cm³/mol. The summed E-state index contributed by atoms with van der Waals surface area (Å²) in [5.74, 6) is 0.00153. The lowest BCUT2D eigenvalue weighted by Crippen LogP contribution is -2.23. The lowest BCUT2D eigenvalue weighted by Gasteiger charge is -2.09. The summed E-state index contributed by atoms with van der Waals surface area (Å²) in [4.78, 5) is 23.6. The molecule has 1 N–H and O–H groups in total. The first kappa shape index (κ1) is 21.4. The van der Waals surface area contributed by atoms with Crippen molar-refractivity contribution in [2.45, 2.75) is 6.61 Å². The Morgan fingerprint density at radius 1 is 0.806 bits per heavy atom. The number of amides is 1. The van der Waals surface area contributed by atoms with Crippen molar-refractivity contribution >= 4 is 17.6 Å². The molecule has 3 rings (SSSR count). The zero-order valence-electron chi connectivity index (χ0n) is 16.6. The van der Waals surface area contributed by atoms with Crippen molar-refractivity contribution in [3.8, 4) is 17.6 Å². The molecule has 0 heterocycles. The van der Waals surface area contributed by atoms with Gasteiger partial charge in [0.2, 0.25) is 0 Å². The van der Waals surface area contributed by atoms with Crippen molar-refractivity contribution in [2.24, 2.45) is 0 Å². The zero-order chi connectivity index (χ0) is 21.9. The van der Waals surface area contributed by atoms with E-state index in [-0.39, 0.29) is 6.61 Å². The Labute approximate surface area is 179 Å². The Balaban J connectivity index is 1.36. The number of carbonyl (C=O) groups excluding carboxylic acids is 2. The van der Waals surface area contributed by atoms with Crippen LogP contribution in [-0.4, -0.2) is 25.1 Å². The van der Waals surface area contributed by atoms with E-state index in [0.29, 0.717) is 29.4 Å². The normalized spacial score (nSPS) is 9.90. The van der Waals surface area contributed by atoms with Crippen LogP contribution in [0.2, 0.25) is 0 Å². The van der Waals surface area contributed by atoms with Crippen molar-refractivity contribution in [3.63, 3.8) is 0 Å². The summed E-state index contributed by atoms with van der Waals surface area (Å²) in [6, 6.07) is 25.0. The molecule has 3 aromatic rings. The van der Waals surface area contributed by atoms with Crippen molar-refractivity contribution < 1.29 is 23.8 Å². The second-order valence-electron chi connectivity index (χ2n) is 6.43. The van der Waals surface area contributed by atoms with Crippen LogP contribution in [0, 0.1) is 11.3 Å². The fourth-order valence-corrected chi connectivity index (χ4v) is 2.53. The molecule has 0 saturated heterocycles. The first-order valence-electron chi connectivity index (χ1n) is 9.47. The van der Waals surface area contributed by atoms with Gasteiger partial charge in [-0.25, -0.2) is 4.79 Å². The van der Waals surface area contributed by atoms with Crippen molar-refractivity contribution in [3.05, 3.63) is 90.0 Å². The van der Waals surface area contributed by atoms with Crippen LogP contribution in [0.4, 0.5) is 5.69 Å². The lowest BCUT2D eigenvalue weighted by molar-refractivity contribution is -0.149. The number of nitriles is 1. The van der Waals surface area contributed by atoms with E-state index in [0.717, 1.165) is 5.56 Å². The fraction of sp³-hybridized carbons (Fsp3) is 0.125. The number of nitrogens with zero attached hydrogens (tertiary/aromatic N) is 1. The van der Waals surface area contributed by atoms with Gasteiger partial charge in [-0.15, -0.1) is 0 Å². The van der Waals surface area contributed by atoms with Crippen LogP contribution in [0.3, 0.4) is 0 Å². The second kappa shape index (κ2) is 11.0. The molecule has 0 aliphatic heterocycles. The Kier molecular flexibility index (Phi) is 7.61. The molecule has 0 bridgehead atoms. The second-order valence-corrected chi connectivity index (χ2v) is 6.43. The number of nitrogens with one attached hydrogen (secondary N) is 1. The van der Waals surface area contributed by atoms with Gasteiger partial charge in [-0.05, 0) is 54.1 Å². The molecule has 7 heteroatoms. The van der Waals surface area contributed by atoms with Gasteiger partial charge in [0.15, 0.2) is 13.2 Å². The van der Waals surface area contributed by atoms with Crippen LogP contribution in [0.5, 0.6) is 11.5 Å². The van der Waals surface area contributed by atoms with E-state index < -0.39 is 18.5 Å². The summed E-state index contributed by atoms with van der Waals surface area (Å²) in [7, 11) is 0. The van der Waals surface area contributed by atoms with Gasteiger partial charge in [-0.1, -0.05) is 30.3 Å². The molecule has 0 atom stereocenters. The zero-order valence-corrected chi connectivity index (χ0v) is 16.6. The number of hydrogen-bond donors (Lipinski definition) is 1. The van der Waals surface area contributed by atoms with E-state index in [9.17, 15) is 9.59 Å². The Hall–Kier alpha value is -4.31. The molecule has 0 fully saturated rings. The topological polar surface area (TPSA) is 97.7 Å². The molecule has 7 nitrogen and oxygen atoms in total. The van der Waals surface area contributed by atoms with Crippen LogP contribution in [0.25, 0.3) is 0 Å². The molecular formula is C24H20N2O5. The summed E-state index contributed by atoms with van der Waals surface area (Å²) in [6.45, 7) is -0.305. The quantitative estimate of drug-likeness (QED) is 0.534. The molecule has 3 aromatic carbocycles. The fourth-order valence-electron chi connectivity index (χ4n) is 2.53. The summed E-state index contributed by atoms with van der Waals surface area (Å²) < 4.78 is 16.0. The van der Waals surface area contributed by atoms with Gasteiger partial charge in [0.1, 0.15) is 18.1 Å². The molecule has 31 heavy (non-hydrogen) atoms. The molecule has 1 amide bonds. The Morgan fingerprint density at radius 2 is 1.45 bits per heavy atom. The standard InChI is InChI=1S/C24H20N2O5/c25-14-18-6-8-20(9-7-18)26-23(27)16-31-24(28)17-30-22-12-10-21(11-13-22)29-15-19-4-2-1-3-5-19/h1-13H,15-17H2,(H,26,27). The van der Waals surface area contributed by atoms with Gasteiger partial charge in [0.25, 0.3) is 5.91 Å². The summed E-state index contributed by atoms with van der Waals surface area (Å²) >= 11 is 0. The lowest BCUT2D eigenvalue weighted by atomic mass is 10.2. The first-order valence-corrected chi connectivity index (χ1v) is 9.47. The van der Waals surface area contributed by atoms with Crippen molar-refractivity contribution in [2.75, 3.05) is 18.5 Å². The predicted octanol–water partition coefficient (Wildman–Crippen LogP) is 3.70. The van der Waals surface area contributed by atoms with E-state index in [2.05, 4.69) is 5.32 Å². The number of rotatable bonds is 9. The highest BCUT2D eigenvalue weighted by atomic mass is 16.6. The molecule has 156 valence electrons. The van der Waals surface area contributed by atoms with Gasteiger partial charge in [-0.2, -0.15) is 5.26 Å². The third kappa shape index (κ3) is 7.22. The minimum atomic E-state index is -0.667. The minimum absolute atomic E-state index is 0.325. The average molecular weight is 416 g/mol. The van der Waals surface area contributed by atoms with E-state index in [1.165, 1.54) is 0 Å². The van der Waals surface area contributed by atoms with Gasteiger partial charge in [-0.3, -0.25) is 4.79 Å². The average Bonchev–Trinajstić information content (AvgIpc) is 2.82. The van der Waals surface area contributed by atoms with Gasteiger partial charge in [0.05, 0.1) is 11.6 Å². The molecule has 0 radical (unpaired) electrons. The highest BCUT2D eigenvalue weighted by Crippen LogP contribution is 2.18. The largest absolute Gasteiger partial charge is 0.489 e. The van der Waals surface area contributed by atoms with Crippen LogP contribution in [0.1, 0.15) is 11.1 Å². The molecule has 0 saturated carbocycles. The van der Waals surface area contributed by atoms with E-state index in [4.69, 9.17) is 19.5 Å². The summed E-state index contributed by atoms with van der Waals surface area (Å²) in [5.41, 5.74) is 2.05. The third-order valence-electron chi connectivity index (χ3n) is 4.09. The maximum Gasteiger partial charge on any atom is 0.344 e. The van der Waals surface area contributed by atoms with Gasteiger partial charge in [0, 0.05) is 5.69 Å². The number of esters is 1. The molecular weight excluding hydrogens is 396 g/mol. The Morgan fingerprint density at radius 3 is 2.10 bits per heavy atom. The molecule has 0 aliphatic carbocycles. The van der Waals surface area contributed by atoms with Crippen LogP contribution in [-0.2, 0) is 20.9 Å². The van der Waals surface area contributed by atoms with Gasteiger partial charge >= 0.3 is 5.97 Å². The summed E-state index contributed by atoms with van der Waals surface area (Å²) in [6.07, 6.45) is 0. The molecule has 0 spiro atoms. The monoisotopic (exact) mass is 416 g/mol. The number of anilines is 1. The molecule has 0 aromatic heterocycles. The number of carbonyl (C=O) groups is 2. The number of hydrogen-bond acceptors (Lipinski definition) is 6. The minimum Gasteiger partial charge on any atom is -0.489 e. The number of ether oxygens (including phenoxy) is 3. The highest BCUT2D eigenvalue weighted by Gasteiger charge is 2.09. The first-order chi connectivity index (χ1) is 15.1. The third-order valence-corrected chi connectivity index (χ3v) is 4.09. The molecule has 0 aliphatic rings. The SMILES string of the molecule is N#Cc1ccc(NC(=O)COC(=O)COc2ccc(OCc3ccccc3)cc2)cc1. The maximum atomic E-state index is 11.8.